The van der Waals surface area contributed by atoms with Gasteiger partial charge in [-0.2, -0.15) is 0 Å². The molecule has 7 heteroatoms. The number of benzene rings is 1. The molecule has 0 saturated heterocycles. The van der Waals surface area contributed by atoms with Crippen LogP contribution in [0.1, 0.15) is 13.8 Å². The van der Waals surface area contributed by atoms with Crippen LogP contribution in [0.15, 0.2) is 24.3 Å². The van der Waals surface area contributed by atoms with Crippen molar-refractivity contribution in [3.05, 3.63) is 34.4 Å². The molecule has 1 N–H and O–H groups in total. The topological polar surface area (TPSA) is 92.9 Å². The van der Waals surface area contributed by atoms with Crippen molar-refractivity contribution in [2.24, 2.45) is 0 Å². The van der Waals surface area contributed by atoms with Crippen LogP contribution in [0.4, 0.5) is 5.69 Å². The van der Waals surface area contributed by atoms with Gasteiger partial charge in [0.2, 0.25) is 0 Å². The molecule has 0 unspecified atom stereocenters. The van der Waals surface area contributed by atoms with Crippen LogP contribution in [0.3, 0.4) is 0 Å². The SMILES string of the molecule is CC(C)N(CCO)C(=O)COc1ccc([N+](=O)[O-])cc1. The van der Waals surface area contributed by atoms with Crippen molar-refractivity contribution in [2.45, 2.75) is 19.9 Å². The van der Waals surface area contributed by atoms with Crippen LogP contribution in [0.25, 0.3) is 0 Å². The highest BCUT2D eigenvalue weighted by atomic mass is 16.6. The number of aliphatic hydroxyl groups excluding tert-OH is 1. The number of carbonyl (C=O) groups excluding carboxylic acids is 1. The van der Waals surface area contributed by atoms with Gasteiger partial charge in [-0.1, -0.05) is 0 Å². The summed E-state index contributed by atoms with van der Waals surface area (Å²) in [6, 6.07) is 5.48. The summed E-state index contributed by atoms with van der Waals surface area (Å²) in [5.74, 6) is 0.143. The molecule has 0 spiro atoms. The highest BCUT2D eigenvalue weighted by Gasteiger charge is 2.16. The van der Waals surface area contributed by atoms with Gasteiger partial charge in [-0.25, -0.2) is 0 Å². The van der Waals surface area contributed by atoms with E-state index in [1.807, 2.05) is 13.8 Å². The maximum atomic E-state index is 11.9. The van der Waals surface area contributed by atoms with Crippen LogP contribution >= 0.6 is 0 Å². The molecule has 20 heavy (non-hydrogen) atoms. The molecule has 110 valence electrons. The lowest BCUT2D eigenvalue weighted by atomic mass is 10.3. The van der Waals surface area contributed by atoms with E-state index in [4.69, 9.17) is 9.84 Å². The van der Waals surface area contributed by atoms with E-state index in [0.717, 1.165) is 0 Å². The van der Waals surface area contributed by atoms with Crippen LogP contribution < -0.4 is 4.74 Å². The van der Waals surface area contributed by atoms with Gasteiger partial charge in [0, 0.05) is 24.7 Å². The first-order valence-corrected chi connectivity index (χ1v) is 6.23. The number of nitrogens with zero attached hydrogens (tertiary/aromatic N) is 2. The van der Waals surface area contributed by atoms with Gasteiger partial charge >= 0.3 is 0 Å². The second-order valence-corrected chi connectivity index (χ2v) is 4.44. The van der Waals surface area contributed by atoms with E-state index in [2.05, 4.69) is 0 Å². The molecule has 0 aliphatic rings. The molecule has 7 nitrogen and oxygen atoms in total. The maximum absolute atomic E-state index is 11.9. The van der Waals surface area contributed by atoms with Crippen LogP contribution in [0, 0.1) is 10.1 Å². The van der Waals surface area contributed by atoms with Gasteiger partial charge in [-0.15, -0.1) is 0 Å². The Bertz CT molecular complexity index is 458. The molecule has 0 radical (unpaired) electrons. The second-order valence-electron chi connectivity index (χ2n) is 4.44. The molecule has 0 fully saturated rings. The molecule has 0 aromatic heterocycles. The Morgan fingerprint density at radius 1 is 1.40 bits per heavy atom. The highest BCUT2D eigenvalue weighted by Crippen LogP contribution is 2.17. The lowest BCUT2D eigenvalue weighted by Gasteiger charge is -2.25. The number of rotatable bonds is 7. The predicted octanol–water partition coefficient (Wildman–Crippen LogP) is 1.20. The van der Waals surface area contributed by atoms with Gasteiger partial charge in [-0.3, -0.25) is 14.9 Å². The number of non-ortho nitro benzene ring substituents is 1. The lowest BCUT2D eigenvalue weighted by Crippen LogP contribution is -2.41. The summed E-state index contributed by atoms with van der Waals surface area (Å²) in [7, 11) is 0. The fourth-order valence-corrected chi connectivity index (χ4v) is 1.67. The zero-order chi connectivity index (χ0) is 15.1. The number of ether oxygens (including phenoxy) is 1. The van der Waals surface area contributed by atoms with Crippen molar-refractivity contribution >= 4 is 11.6 Å². The van der Waals surface area contributed by atoms with E-state index in [9.17, 15) is 14.9 Å². The Labute approximate surface area is 116 Å². The van der Waals surface area contributed by atoms with E-state index >= 15 is 0 Å². The highest BCUT2D eigenvalue weighted by molar-refractivity contribution is 5.78. The molecule has 1 aromatic rings. The summed E-state index contributed by atoms with van der Waals surface area (Å²) < 4.78 is 5.28. The number of aliphatic hydroxyl groups is 1. The lowest BCUT2D eigenvalue weighted by molar-refractivity contribution is -0.384. The van der Waals surface area contributed by atoms with Crippen LogP contribution in [-0.4, -0.2) is 46.6 Å². The minimum absolute atomic E-state index is 0.0323. The van der Waals surface area contributed by atoms with Crippen molar-refractivity contribution < 1.29 is 19.6 Å². The number of hydrogen-bond donors (Lipinski definition) is 1. The molecule has 1 aromatic carbocycles. The third kappa shape index (κ3) is 4.51. The molecule has 0 saturated carbocycles. The summed E-state index contributed by atoms with van der Waals surface area (Å²) >= 11 is 0. The van der Waals surface area contributed by atoms with Gasteiger partial charge in [0.1, 0.15) is 5.75 Å². The molecular formula is C13H18N2O5. The number of carbonyl (C=O) groups is 1. The quantitative estimate of drug-likeness (QED) is 0.599. The first-order chi connectivity index (χ1) is 9.45. The van der Waals surface area contributed by atoms with Crippen molar-refractivity contribution in [2.75, 3.05) is 19.8 Å². The van der Waals surface area contributed by atoms with Crippen LogP contribution in [-0.2, 0) is 4.79 Å². The normalized spacial score (nSPS) is 10.4. The Hall–Kier alpha value is -2.15. The average Bonchev–Trinajstić information content (AvgIpc) is 2.42. The Kier molecular flexibility index (Phi) is 5.92. The number of hydrogen-bond acceptors (Lipinski definition) is 5. The fourth-order valence-electron chi connectivity index (χ4n) is 1.67. The molecule has 0 bridgehead atoms. The van der Waals surface area contributed by atoms with Gasteiger partial charge in [0.15, 0.2) is 6.61 Å². The number of nitro benzene ring substituents is 1. The Balaban J connectivity index is 2.57. The van der Waals surface area contributed by atoms with E-state index in [0.29, 0.717) is 5.75 Å². The molecule has 0 aliphatic carbocycles. The number of amides is 1. The van der Waals surface area contributed by atoms with Crippen molar-refractivity contribution in [3.63, 3.8) is 0 Å². The van der Waals surface area contributed by atoms with Crippen LogP contribution in [0.5, 0.6) is 5.75 Å². The van der Waals surface area contributed by atoms with E-state index in [1.165, 1.54) is 29.2 Å². The zero-order valence-corrected chi connectivity index (χ0v) is 11.5. The average molecular weight is 282 g/mol. The van der Waals surface area contributed by atoms with Crippen LogP contribution in [0.2, 0.25) is 0 Å². The van der Waals surface area contributed by atoms with E-state index in [1.54, 1.807) is 0 Å². The minimum atomic E-state index is -0.503. The molecule has 1 rings (SSSR count). The third-order valence-electron chi connectivity index (χ3n) is 2.69. The Morgan fingerprint density at radius 3 is 2.45 bits per heavy atom. The van der Waals surface area contributed by atoms with Gasteiger partial charge in [-0.05, 0) is 26.0 Å². The van der Waals surface area contributed by atoms with E-state index < -0.39 is 4.92 Å². The second kappa shape index (κ2) is 7.44. The summed E-state index contributed by atoms with van der Waals surface area (Å²) in [6.45, 7) is 3.66. The minimum Gasteiger partial charge on any atom is -0.484 e. The largest absolute Gasteiger partial charge is 0.484 e. The number of nitro groups is 1. The first kappa shape index (κ1) is 15.9. The van der Waals surface area contributed by atoms with Crippen molar-refractivity contribution in [1.82, 2.24) is 4.90 Å². The van der Waals surface area contributed by atoms with Crippen molar-refractivity contribution in [3.8, 4) is 5.75 Å². The van der Waals surface area contributed by atoms with Crippen molar-refractivity contribution in [1.29, 1.82) is 0 Å². The van der Waals surface area contributed by atoms with Gasteiger partial charge in [0.25, 0.3) is 11.6 Å². The fraction of sp³-hybridized carbons (Fsp3) is 0.462. The smallest absolute Gasteiger partial charge is 0.269 e. The molecule has 0 aliphatic heterocycles. The van der Waals surface area contributed by atoms with E-state index in [-0.39, 0.29) is 37.4 Å². The third-order valence-corrected chi connectivity index (χ3v) is 2.69. The predicted molar refractivity (Wildman–Crippen MR) is 72.5 cm³/mol. The monoisotopic (exact) mass is 282 g/mol. The summed E-state index contributed by atoms with van der Waals surface area (Å²) in [6.07, 6.45) is 0. The molecular weight excluding hydrogens is 264 g/mol. The first-order valence-electron chi connectivity index (χ1n) is 6.23. The molecule has 0 atom stereocenters. The standard InChI is InChI=1S/C13H18N2O5/c1-10(2)14(7-8-16)13(17)9-20-12-5-3-11(4-6-12)15(18)19/h3-6,10,16H,7-9H2,1-2H3. The summed E-state index contributed by atoms with van der Waals surface area (Å²) in [4.78, 5) is 23.4. The summed E-state index contributed by atoms with van der Waals surface area (Å²) in [5.41, 5.74) is -0.0345. The zero-order valence-electron chi connectivity index (χ0n) is 11.5. The molecule has 1 amide bonds. The molecule has 0 heterocycles. The van der Waals surface area contributed by atoms with Gasteiger partial charge in [0.05, 0.1) is 11.5 Å². The van der Waals surface area contributed by atoms with Gasteiger partial charge < -0.3 is 14.7 Å². The summed E-state index contributed by atoms with van der Waals surface area (Å²) in [5, 5.41) is 19.4. The Morgan fingerprint density at radius 2 is 2.00 bits per heavy atom. The maximum Gasteiger partial charge on any atom is 0.269 e.